The van der Waals surface area contributed by atoms with Gasteiger partial charge in [0.1, 0.15) is 17.3 Å². The molecule has 1 aromatic heterocycles. The van der Waals surface area contributed by atoms with Gasteiger partial charge in [-0.25, -0.2) is 4.39 Å². The fourth-order valence-electron chi connectivity index (χ4n) is 1.44. The Kier molecular flexibility index (Phi) is 3.68. The fourth-order valence-corrected chi connectivity index (χ4v) is 1.78. The molecule has 1 heterocycles. The Labute approximate surface area is 107 Å². The van der Waals surface area contributed by atoms with Crippen molar-refractivity contribution in [3.05, 3.63) is 46.6 Å². The van der Waals surface area contributed by atoms with Crippen molar-refractivity contribution in [3.63, 3.8) is 0 Å². The first-order valence-electron chi connectivity index (χ1n) is 5.00. The molecule has 2 aromatic rings. The van der Waals surface area contributed by atoms with Crippen molar-refractivity contribution in [1.82, 2.24) is 0 Å². The number of halogens is 2. The van der Waals surface area contributed by atoms with Gasteiger partial charge in [0.2, 0.25) is 0 Å². The van der Waals surface area contributed by atoms with E-state index in [1.54, 1.807) is 6.07 Å². The molecule has 2 rings (SSSR count). The standard InChI is InChI=1S/C12H11BrFNO2/c1-16-11-6-8(14)2-4-10(11)15-7-9-3-5-12(13)17-9/h2-6,15H,7H2,1H3. The lowest BCUT2D eigenvalue weighted by atomic mass is 10.2. The van der Waals surface area contributed by atoms with Crippen LogP contribution in [0.1, 0.15) is 5.76 Å². The third kappa shape index (κ3) is 3.00. The lowest BCUT2D eigenvalue weighted by molar-refractivity contribution is 0.412. The van der Waals surface area contributed by atoms with E-state index in [-0.39, 0.29) is 5.82 Å². The maximum atomic E-state index is 13.0. The second-order valence-corrected chi connectivity index (χ2v) is 4.19. The number of furan rings is 1. The zero-order chi connectivity index (χ0) is 12.3. The highest BCUT2D eigenvalue weighted by Gasteiger charge is 2.05. The third-order valence-corrected chi connectivity index (χ3v) is 2.67. The minimum Gasteiger partial charge on any atom is -0.494 e. The molecule has 0 amide bonds. The molecule has 0 aliphatic carbocycles. The molecular formula is C12H11BrFNO2. The molecule has 5 heteroatoms. The van der Waals surface area contributed by atoms with Crippen LogP contribution in [0.5, 0.6) is 5.75 Å². The first kappa shape index (κ1) is 12.0. The summed E-state index contributed by atoms with van der Waals surface area (Å²) in [6.45, 7) is 0.508. The smallest absolute Gasteiger partial charge is 0.169 e. The van der Waals surface area contributed by atoms with E-state index in [9.17, 15) is 4.39 Å². The number of hydrogen-bond donors (Lipinski definition) is 1. The van der Waals surface area contributed by atoms with Gasteiger partial charge in [-0.1, -0.05) is 0 Å². The van der Waals surface area contributed by atoms with E-state index in [0.717, 1.165) is 11.4 Å². The molecule has 0 aliphatic rings. The van der Waals surface area contributed by atoms with Gasteiger partial charge in [-0.3, -0.25) is 0 Å². The van der Waals surface area contributed by atoms with Crippen LogP contribution in [0.15, 0.2) is 39.4 Å². The lowest BCUT2D eigenvalue weighted by Crippen LogP contribution is -2.00. The van der Waals surface area contributed by atoms with Gasteiger partial charge in [0, 0.05) is 6.07 Å². The Balaban J connectivity index is 2.08. The van der Waals surface area contributed by atoms with Gasteiger partial charge in [-0.05, 0) is 40.2 Å². The van der Waals surface area contributed by atoms with Gasteiger partial charge >= 0.3 is 0 Å². The number of anilines is 1. The van der Waals surface area contributed by atoms with Crippen LogP contribution in [0.2, 0.25) is 0 Å². The summed E-state index contributed by atoms with van der Waals surface area (Å²) in [5, 5.41) is 3.11. The van der Waals surface area contributed by atoms with Gasteiger partial charge in [0.15, 0.2) is 4.67 Å². The summed E-state index contributed by atoms with van der Waals surface area (Å²) in [6.07, 6.45) is 0. The minimum atomic E-state index is -0.326. The summed E-state index contributed by atoms with van der Waals surface area (Å²) in [4.78, 5) is 0. The van der Waals surface area contributed by atoms with Gasteiger partial charge < -0.3 is 14.5 Å². The van der Waals surface area contributed by atoms with Gasteiger partial charge in [0.25, 0.3) is 0 Å². The lowest BCUT2D eigenvalue weighted by Gasteiger charge is -2.09. The average molecular weight is 300 g/mol. The number of benzene rings is 1. The molecule has 0 radical (unpaired) electrons. The summed E-state index contributed by atoms with van der Waals surface area (Å²) in [7, 11) is 1.50. The van der Waals surface area contributed by atoms with E-state index in [4.69, 9.17) is 9.15 Å². The molecule has 0 fully saturated rings. The molecule has 3 nitrogen and oxygen atoms in total. The topological polar surface area (TPSA) is 34.4 Å². The summed E-state index contributed by atoms with van der Waals surface area (Å²) in [6, 6.07) is 8.02. The second kappa shape index (κ2) is 5.23. The number of rotatable bonds is 4. The van der Waals surface area contributed by atoms with Gasteiger partial charge in [-0.15, -0.1) is 0 Å². The SMILES string of the molecule is COc1cc(F)ccc1NCc1ccc(Br)o1. The summed E-state index contributed by atoms with van der Waals surface area (Å²) < 4.78 is 24.1. The minimum absolute atomic E-state index is 0.326. The van der Waals surface area contributed by atoms with Crippen molar-refractivity contribution >= 4 is 21.6 Å². The van der Waals surface area contributed by atoms with Crippen LogP contribution in [-0.4, -0.2) is 7.11 Å². The Hall–Kier alpha value is -1.49. The highest BCUT2D eigenvalue weighted by molar-refractivity contribution is 9.10. The molecule has 0 spiro atoms. The van der Waals surface area contributed by atoms with Crippen LogP contribution in [0, 0.1) is 5.82 Å². The van der Waals surface area contributed by atoms with Crippen LogP contribution >= 0.6 is 15.9 Å². The molecule has 1 N–H and O–H groups in total. The van der Waals surface area contributed by atoms with Crippen LogP contribution in [-0.2, 0) is 6.54 Å². The van der Waals surface area contributed by atoms with E-state index >= 15 is 0 Å². The molecule has 0 saturated heterocycles. The first-order valence-corrected chi connectivity index (χ1v) is 5.80. The van der Waals surface area contributed by atoms with Crippen molar-refractivity contribution in [3.8, 4) is 5.75 Å². The largest absolute Gasteiger partial charge is 0.494 e. The predicted molar refractivity (Wildman–Crippen MR) is 66.7 cm³/mol. The molecule has 0 atom stereocenters. The Morgan fingerprint density at radius 3 is 2.82 bits per heavy atom. The quantitative estimate of drug-likeness (QED) is 0.932. The Morgan fingerprint density at radius 2 is 2.18 bits per heavy atom. The molecule has 1 aromatic carbocycles. The number of hydrogen-bond acceptors (Lipinski definition) is 3. The first-order chi connectivity index (χ1) is 8.19. The van der Waals surface area contributed by atoms with Crippen molar-refractivity contribution in [1.29, 1.82) is 0 Å². The normalized spacial score (nSPS) is 10.3. The predicted octanol–water partition coefficient (Wildman–Crippen LogP) is 3.80. The van der Waals surface area contributed by atoms with Crippen molar-refractivity contribution in [2.24, 2.45) is 0 Å². The summed E-state index contributed by atoms with van der Waals surface area (Å²) in [5.74, 6) is 0.923. The van der Waals surface area contributed by atoms with E-state index in [1.807, 2.05) is 12.1 Å². The van der Waals surface area contributed by atoms with Gasteiger partial charge in [-0.2, -0.15) is 0 Å². The molecule has 0 saturated carbocycles. The number of methoxy groups -OCH3 is 1. The van der Waals surface area contributed by atoms with Crippen molar-refractivity contribution in [2.45, 2.75) is 6.54 Å². The highest BCUT2D eigenvalue weighted by Crippen LogP contribution is 2.25. The molecule has 0 aliphatic heterocycles. The van der Waals surface area contributed by atoms with Crippen LogP contribution < -0.4 is 10.1 Å². The highest BCUT2D eigenvalue weighted by atomic mass is 79.9. The summed E-state index contributed by atoms with van der Waals surface area (Å²) in [5.41, 5.74) is 0.724. The monoisotopic (exact) mass is 299 g/mol. The maximum Gasteiger partial charge on any atom is 0.169 e. The molecule has 90 valence electrons. The molecule has 0 unspecified atom stereocenters. The average Bonchev–Trinajstić information content (AvgIpc) is 2.73. The zero-order valence-electron chi connectivity index (χ0n) is 9.17. The van der Waals surface area contributed by atoms with Gasteiger partial charge in [0.05, 0.1) is 19.3 Å². The second-order valence-electron chi connectivity index (χ2n) is 3.40. The van der Waals surface area contributed by atoms with E-state index in [0.29, 0.717) is 17.0 Å². The van der Waals surface area contributed by atoms with Crippen molar-refractivity contribution < 1.29 is 13.5 Å². The van der Waals surface area contributed by atoms with E-state index in [2.05, 4.69) is 21.2 Å². The Bertz CT molecular complexity index is 513. The maximum absolute atomic E-state index is 13.0. The van der Waals surface area contributed by atoms with E-state index < -0.39 is 0 Å². The molecular weight excluding hydrogens is 289 g/mol. The fraction of sp³-hybridized carbons (Fsp3) is 0.167. The molecule has 0 bridgehead atoms. The number of ether oxygens (including phenoxy) is 1. The van der Waals surface area contributed by atoms with Crippen LogP contribution in [0.25, 0.3) is 0 Å². The number of nitrogens with one attached hydrogen (secondary N) is 1. The summed E-state index contributed by atoms with van der Waals surface area (Å²) >= 11 is 3.23. The zero-order valence-corrected chi connectivity index (χ0v) is 10.8. The van der Waals surface area contributed by atoms with Crippen molar-refractivity contribution in [2.75, 3.05) is 12.4 Å². The van der Waals surface area contributed by atoms with E-state index in [1.165, 1.54) is 19.2 Å². The van der Waals surface area contributed by atoms with Crippen LogP contribution in [0.4, 0.5) is 10.1 Å². The molecule has 17 heavy (non-hydrogen) atoms. The Morgan fingerprint density at radius 1 is 1.35 bits per heavy atom. The van der Waals surface area contributed by atoms with Crippen LogP contribution in [0.3, 0.4) is 0 Å². The third-order valence-electron chi connectivity index (χ3n) is 2.25.